The van der Waals surface area contributed by atoms with Crippen molar-refractivity contribution in [3.8, 4) is 0 Å². The number of hydrogen-bond acceptors (Lipinski definition) is 4. The molecule has 2 fully saturated rings. The molecule has 0 radical (unpaired) electrons. The number of aliphatic hydroxyl groups excluding tert-OH is 1. The van der Waals surface area contributed by atoms with E-state index in [0.717, 1.165) is 74.3 Å². The van der Waals surface area contributed by atoms with Crippen LogP contribution in [0.1, 0.15) is 66.0 Å². The molecule has 1 aromatic rings. The first-order chi connectivity index (χ1) is 12.1. The number of aryl methyl sites for hydroxylation is 2. The highest BCUT2D eigenvalue weighted by atomic mass is 16.3. The summed E-state index contributed by atoms with van der Waals surface area (Å²) in [7, 11) is 1.85. The largest absolute Gasteiger partial charge is 0.465 e. The molecule has 1 aromatic heterocycles. The Kier molecular flexibility index (Phi) is 4.63. The zero-order valence-electron chi connectivity index (χ0n) is 15.5. The number of likely N-dealkylation sites (N-methyl/N-ethyl adjacent to an activating group) is 1. The van der Waals surface area contributed by atoms with Gasteiger partial charge in [-0.3, -0.25) is 9.69 Å². The Morgan fingerprint density at radius 2 is 1.88 bits per heavy atom. The SMILES string of the molecule is Cc1oc2c(c1C(=O)N(C)[C@@H]1CC[C@@H](N3CCCC3)[C@@H]1O)CCCC2. The molecule has 0 bridgehead atoms. The molecule has 1 aliphatic heterocycles. The minimum atomic E-state index is -0.449. The minimum absolute atomic E-state index is 0.0236. The molecule has 1 saturated carbocycles. The van der Waals surface area contributed by atoms with Crippen LogP contribution in [0.25, 0.3) is 0 Å². The number of aliphatic hydroxyl groups is 1. The van der Waals surface area contributed by atoms with Gasteiger partial charge >= 0.3 is 0 Å². The van der Waals surface area contributed by atoms with Gasteiger partial charge < -0.3 is 14.4 Å². The first-order valence-corrected chi connectivity index (χ1v) is 9.88. The summed E-state index contributed by atoms with van der Waals surface area (Å²) in [5, 5.41) is 10.9. The van der Waals surface area contributed by atoms with Crippen molar-refractivity contribution in [2.75, 3.05) is 20.1 Å². The van der Waals surface area contributed by atoms with Gasteiger partial charge in [-0.1, -0.05) is 0 Å². The van der Waals surface area contributed by atoms with Gasteiger partial charge in [-0.15, -0.1) is 0 Å². The molecule has 1 N–H and O–H groups in total. The van der Waals surface area contributed by atoms with Crippen LogP contribution in [0.3, 0.4) is 0 Å². The number of rotatable bonds is 3. The fourth-order valence-corrected chi connectivity index (χ4v) is 5.14. The smallest absolute Gasteiger partial charge is 0.257 e. The standard InChI is InChI=1S/C20H30N2O3/c1-13-18(14-7-3-4-8-17(14)25-13)20(24)21(2)15-9-10-16(19(15)23)22-11-5-6-12-22/h15-16,19,23H,3-12H2,1-2H3/t15-,16-,19-/m1/s1. The third-order valence-corrected chi connectivity index (χ3v) is 6.54. The predicted octanol–water partition coefficient (Wildman–Crippen LogP) is 2.53. The van der Waals surface area contributed by atoms with Gasteiger partial charge in [0.05, 0.1) is 17.7 Å². The van der Waals surface area contributed by atoms with E-state index in [1.54, 1.807) is 4.90 Å². The summed E-state index contributed by atoms with van der Waals surface area (Å²) >= 11 is 0. The maximum Gasteiger partial charge on any atom is 0.257 e. The maximum atomic E-state index is 13.2. The number of amides is 1. The lowest BCUT2D eigenvalue weighted by molar-refractivity contribution is 0.0295. The highest BCUT2D eigenvalue weighted by molar-refractivity contribution is 5.97. The Bertz CT molecular complexity index is 648. The van der Waals surface area contributed by atoms with E-state index in [2.05, 4.69) is 4.90 Å². The van der Waals surface area contributed by atoms with Crippen molar-refractivity contribution in [3.63, 3.8) is 0 Å². The Hall–Kier alpha value is -1.33. The van der Waals surface area contributed by atoms with Gasteiger partial charge in [0, 0.05) is 25.1 Å². The molecule has 1 saturated heterocycles. The second kappa shape index (κ2) is 6.76. The molecule has 0 unspecified atom stereocenters. The molecular weight excluding hydrogens is 316 g/mol. The molecule has 3 atom stereocenters. The van der Waals surface area contributed by atoms with E-state index in [0.29, 0.717) is 0 Å². The molecule has 138 valence electrons. The summed E-state index contributed by atoms with van der Waals surface area (Å²) < 4.78 is 5.88. The topological polar surface area (TPSA) is 56.9 Å². The molecule has 25 heavy (non-hydrogen) atoms. The van der Waals surface area contributed by atoms with Crippen LogP contribution in [0.4, 0.5) is 0 Å². The van der Waals surface area contributed by atoms with Crippen LogP contribution in [0.2, 0.25) is 0 Å². The summed E-state index contributed by atoms with van der Waals surface area (Å²) in [6, 6.07) is 0.119. The van der Waals surface area contributed by atoms with Gasteiger partial charge in [-0.2, -0.15) is 0 Å². The molecule has 0 spiro atoms. The van der Waals surface area contributed by atoms with Crippen molar-refractivity contribution in [1.29, 1.82) is 0 Å². The van der Waals surface area contributed by atoms with Crippen molar-refractivity contribution in [1.82, 2.24) is 9.80 Å². The zero-order valence-corrected chi connectivity index (χ0v) is 15.5. The summed E-state index contributed by atoms with van der Waals surface area (Å²) in [6.45, 7) is 4.07. The van der Waals surface area contributed by atoms with E-state index >= 15 is 0 Å². The van der Waals surface area contributed by atoms with Crippen molar-refractivity contribution in [2.24, 2.45) is 0 Å². The van der Waals surface area contributed by atoms with Crippen molar-refractivity contribution >= 4 is 5.91 Å². The number of carbonyl (C=O) groups is 1. The Morgan fingerprint density at radius 1 is 1.16 bits per heavy atom. The summed E-state index contributed by atoms with van der Waals surface area (Å²) in [6.07, 6.45) is 8.00. The van der Waals surface area contributed by atoms with Crippen LogP contribution in [-0.2, 0) is 12.8 Å². The van der Waals surface area contributed by atoms with Crippen LogP contribution in [0.5, 0.6) is 0 Å². The number of carbonyl (C=O) groups excluding carboxylic acids is 1. The van der Waals surface area contributed by atoms with E-state index in [-0.39, 0.29) is 18.0 Å². The van der Waals surface area contributed by atoms with Gasteiger partial charge in [0.15, 0.2) is 0 Å². The normalized spacial score (nSPS) is 29.8. The lowest BCUT2D eigenvalue weighted by atomic mass is 9.94. The number of furan rings is 1. The van der Waals surface area contributed by atoms with Crippen LogP contribution < -0.4 is 0 Å². The molecule has 3 aliphatic rings. The van der Waals surface area contributed by atoms with Crippen LogP contribution in [0.15, 0.2) is 4.42 Å². The number of fused-ring (bicyclic) bond motifs is 1. The minimum Gasteiger partial charge on any atom is -0.465 e. The highest BCUT2D eigenvalue weighted by Crippen LogP contribution is 2.34. The Balaban J connectivity index is 1.52. The summed E-state index contributed by atoms with van der Waals surface area (Å²) in [5.74, 6) is 1.77. The fourth-order valence-electron chi connectivity index (χ4n) is 5.14. The van der Waals surface area contributed by atoms with Crippen molar-refractivity contribution < 1.29 is 14.3 Å². The van der Waals surface area contributed by atoms with Gasteiger partial charge in [-0.05, 0) is 65.0 Å². The number of hydrogen-bond donors (Lipinski definition) is 1. The third-order valence-electron chi connectivity index (χ3n) is 6.54. The van der Waals surface area contributed by atoms with Crippen LogP contribution >= 0.6 is 0 Å². The van der Waals surface area contributed by atoms with Crippen molar-refractivity contribution in [2.45, 2.75) is 76.5 Å². The molecular formula is C20H30N2O3. The van der Waals surface area contributed by atoms with Crippen LogP contribution in [-0.4, -0.2) is 59.1 Å². The average Bonchev–Trinajstić information content (AvgIpc) is 3.31. The molecule has 2 aliphatic carbocycles. The quantitative estimate of drug-likeness (QED) is 0.914. The fraction of sp³-hybridized carbons (Fsp3) is 0.750. The molecule has 2 heterocycles. The van der Waals surface area contributed by atoms with Gasteiger partial charge in [-0.25, -0.2) is 0 Å². The lowest BCUT2D eigenvalue weighted by Gasteiger charge is -2.32. The number of likely N-dealkylation sites (tertiary alicyclic amines) is 1. The average molecular weight is 346 g/mol. The monoisotopic (exact) mass is 346 g/mol. The number of nitrogens with zero attached hydrogens (tertiary/aromatic N) is 2. The van der Waals surface area contributed by atoms with E-state index in [4.69, 9.17) is 4.42 Å². The predicted molar refractivity (Wildman–Crippen MR) is 95.8 cm³/mol. The van der Waals surface area contributed by atoms with Crippen molar-refractivity contribution in [3.05, 3.63) is 22.6 Å². The first kappa shape index (κ1) is 17.1. The lowest BCUT2D eigenvalue weighted by Crippen LogP contribution is -2.48. The molecule has 5 heteroatoms. The summed E-state index contributed by atoms with van der Waals surface area (Å²) in [4.78, 5) is 17.4. The van der Waals surface area contributed by atoms with Gasteiger partial charge in [0.2, 0.25) is 0 Å². The van der Waals surface area contributed by atoms with E-state index in [1.807, 2.05) is 14.0 Å². The molecule has 5 nitrogen and oxygen atoms in total. The maximum absolute atomic E-state index is 13.2. The third kappa shape index (κ3) is 2.91. The molecule has 0 aromatic carbocycles. The molecule has 1 amide bonds. The second-order valence-electron chi connectivity index (χ2n) is 8.00. The summed E-state index contributed by atoms with van der Waals surface area (Å²) in [5.41, 5.74) is 1.87. The Labute approximate surface area is 150 Å². The second-order valence-corrected chi connectivity index (χ2v) is 8.00. The highest BCUT2D eigenvalue weighted by Gasteiger charge is 2.42. The Morgan fingerprint density at radius 3 is 2.64 bits per heavy atom. The molecule has 4 rings (SSSR count). The zero-order chi connectivity index (χ0) is 17.6. The van der Waals surface area contributed by atoms with E-state index in [9.17, 15) is 9.90 Å². The van der Waals surface area contributed by atoms with Gasteiger partial charge in [0.25, 0.3) is 5.91 Å². The van der Waals surface area contributed by atoms with E-state index in [1.165, 1.54) is 12.8 Å². The van der Waals surface area contributed by atoms with E-state index < -0.39 is 6.10 Å². The first-order valence-electron chi connectivity index (χ1n) is 9.88. The van der Waals surface area contributed by atoms with Gasteiger partial charge in [0.1, 0.15) is 11.5 Å². The van der Waals surface area contributed by atoms with Crippen LogP contribution in [0, 0.1) is 6.92 Å².